The summed E-state index contributed by atoms with van der Waals surface area (Å²) in [4.78, 5) is 22.2. The van der Waals surface area contributed by atoms with E-state index in [0.29, 0.717) is 12.1 Å². The van der Waals surface area contributed by atoms with Crippen molar-refractivity contribution >= 4 is 32.6 Å². The van der Waals surface area contributed by atoms with E-state index >= 15 is 0 Å². The van der Waals surface area contributed by atoms with Gasteiger partial charge >= 0.3 is 0 Å². The number of amides is 1. The highest BCUT2D eigenvalue weighted by Crippen LogP contribution is 2.30. The van der Waals surface area contributed by atoms with E-state index < -0.39 is 0 Å². The fraction of sp³-hybridized carbons (Fsp3) is 0.286. The van der Waals surface area contributed by atoms with Gasteiger partial charge in [-0.25, -0.2) is 4.98 Å². The third-order valence-corrected chi connectivity index (χ3v) is 7.44. The smallest absolute Gasteiger partial charge is 0.251 e. The minimum absolute atomic E-state index is 0.00494. The van der Waals surface area contributed by atoms with Gasteiger partial charge in [0.1, 0.15) is 0 Å². The molecule has 2 heterocycles. The number of carbonyl (C=O) groups is 1. The fourth-order valence-electron chi connectivity index (χ4n) is 4.35. The zero-order chi connectivity index (χ0) is 23.3. The molecular formula is C28H30N4OS. The first-order chi connectivity index (χ1) is 16.6. The number of thiazole rings is 1. The zero-order valence-electron chi connectivity index (χ0n) is 19.5. The molecule has 0 bridgehead atoms. The number of nitrogens with zero attached hydrogens (tertiary/aromatic N) is 3. The molecule has 0 aliphatic carbocycles. The molecule has 1 fully saturated rings. The molecule has 1 saturated heterocycles. The van der Waals surface area contributed by atoms with Crippen molar-refractivity contribution in [1.82, 2.24) is 15.2 Å². The van der Waals surface area contributed by atoms with Gasteiger partial charge in [0.25, 0.3) is 5.91 Å². The van der Waals surface area contributed by atoms with Crippen LogP contribution in [0.3, 0.4) is 0 Å². The van der Waals surface area contributed by atoms with Crippen molar-refractivity contribution in [2.75, 3.05) is 44.2 Å². The minimum Gasteiger partial charge on any atom is -0.351 e. The van der Waals surface area contributed by atoms with Gasteiger partial charge in [-0.2, -0.15) is 0 Å². The SMILES string of the molecule is Cc1ccc2nc(N3CCN(CCNC(=O)c4ccc(Cc5ccccc5)cc4)CC3)sc2c1. The average molecular weight is 471 g/mol. The van der Waals surface area contributed by atoms with Gasteiger partial charge < -0.3 is 10.2 Å². The van der Waals surface area contributed by atoms with Crippen LogP contribution in [-0.2, 0) is 6.42 Å². The van der Waals surface area contributed by atoms with Gasteiger partial charge in [-0.1, -0.05) is 59.9 Å². The van der Waals surface area contributed by atoms with Crippen molar-refractivity contribution in [3.63, 3.8) is 0 Å². The number of rotatable bonds is 7. The Morgan fingerprint density at radius 3 is 2.44 bits per heavy atom. The summed E-state index contributed by atoms with van der Waals surface area (Å²) < 4.78 is 1.26. The highest BCUT2D eigenvalue weighted by molar-refractivity contribution is 7.22. The second-order valence-electron chi connectivity index (χ2n) is 8.91. The maximum absolute atomic E-state index is 12.6. The number of carbonyl (C=O) groups excluding carboxylic acids is 1. The van der Waals surface area contributed by atoms with E-state index in [1.54, 1.807) is 11.3 Å². The summed E-state index contributed by atoms with van der Waals surface area (Å²) in [5.41, 5.74) is 5.57. The molecular weight excluding hydrogens is 440 g/mol. The van der Waals surface area contributed by atoms with Gasteiger partial charge in [0.2, 0.25) is 0 Å². The van der Waals surface area contributed by atoms with Crippen LogP contribution in [0.5, 0.6) is 0 Å². The number of aryl methyl sites for hydroxylation is 1. The molecule has 1 amide bonds. The molecule has 5 nitrogen and oxygen atoms in total. The number of benzene rings is 3. The zero-order valence-corrected chi connectivity index (χ0v) is 20.4. The minimum atomic E-state index is -0.00494. The van der Waals surface area contributed by atoms with E-state index in [0.717, 1.165) is 49.8 Å². The maximum atomic E-state index is 12.6. The van der Waals surface area contributed by atoms with Gasteiger partial charge in [0.05, 0.1) is 10.2 Å². The predicted molar refractivity (Wildman–Crippen MR) is 141 cm³/mol. The third-order valence-electron chi connectivity index (χ3n) is 6.36. The van der Waals surface area contributed by atoms with Crippen LogP contribution in [0, 0.1) is 6.92 Å². The Bertz CT molecular complexity index is 1240. The number of hydrogen-bond acceptors (Lipinski definition) is 5. The number of anilines is 1. The second kappa shape index (κ2) is 10.4. The van der Waals surface area contributed by atoms with Gasteiger partial charge in [-0.15, -0.1) is 0 Å². The first-order valence-electron chi connectivity index (χ1n) is 11.9. The average Bonchev–Trinajstić information content (AvgIpc) is 3.29. The lowest BCUT2D eigenvalue weighted by Gasteiger charge is -2.34. The van der Waals surface area contributed by atoms with Gasteiger partial charge in [-0.05, 0) is 54.3 Å². The first-order valence-corrected chi connectivity index (χ1v) is 12.7. The van der Waals surface area contributed by atoms with E-state index in [1.165, 1.54) is 21.4 Å². The Hall–Kier alpha value is -3.22. The first kappa shape index (κ1) is 22.6. The molecule has 174 valence electrons. The Balaban J connectivity index is 1.06. The Labute approximate surface area is 205 Å². The third kappa shape index (κ3) is 5.46. The van der Waals surface area contributed by atoms with E-state index in [2.05, 4.69) is 64.5 Å². The van der Waals surface area contributed by atoms with Crippen LogP contribution >= 0.6 is 11.3 Å². The molecule has 6 heteroatoms. The molecule has 1 N–H and O–H groups in total. The molecule has 34 heavy (non-hydrogen) atoms. The summed E-state index contributed by atoms with van der Waals surface area (Å²) in [7, 11) is 0. The monoisotopic (exact) mass is 470 g/mol. The summed E-state index contributed by atoms with van der Waals surface area (Å²) in [5.74, 6) is -0.00494. The largest absolute Gasteiger partial charge is 0.351 e. The van der Waals surface area contributed by atoms with Crippen LogP contribution in [0.15, 0.2) is 72.8 Å². The molecule has 3 aromatic carbocycles. The molecule has 1 aliphatic rings. The van der Waals surface area contributed by atoms with E-state index in [-0.39, 0.29) is 5.91 Å². The highest BCUT2D eigenvalue weighted by Gasteiger charge is 2.20. The summed E-state index contributed by atoms with van der Waals surface area (Å²) in [5, 5.41) is 4.19. The van der Waals surface area contributed by atoms with Crippen LogP contribution in [-0.4, -0.2) is 55.1 Å². The summed E-state index contributed by atoms with van der Waals surface area (Å²) in [6, 6.07) is 24.8. The predicted octanol–water partition coefficient (Wildman–Crippen LogP) is 4.75. The van der Waals surface area contributed by atoms with Crippen LogP contribution in [0.1, 0.15) is 27.0 Å². The Morgan fingerprint density at radius 1 is 0.941 bits per heavy atom. The normalized spacial score (nSPS) is 14.4. The quantitative estimate of drug-likeness (QED) is 0.424. The molecule has 1 aromatic heterocycles. The lowest BCUT2D eigenvalue weighted by molar-refractivity contribution is 0.0948. The number of aromatic nitrogens is 1. The molecule has 5 rings (SSSR count). The molecule has 1 aliphatic heterocycles. The van der Waals surface area contributed by atoms with Crippen molar-refractivity contribution in [2.24, 2.45) is 0 Å². The van der Waals surface area contributed by atoms with E-state index in [9.17, 15) is 4.79 Å². The topological polar surface area (TPSA) is 48.5 Å². The molecule has 0 saturated carbocycles. The molecule has 0 unspecified atom stereocenters. The standard InChI is InChI=1S/C28H30N4OS/c1-21-7-12-25-26(19-21)34-28(30-25)32-17-15-31(16-18-32)14-13-29-27(33)24-10-8-23(9-11-24)20-22-5-3-2-4-6-22/h2-12,19H,13-18,20H2,1H3,(H,29,33). The second-order valence-corrected chi connectivity index (χ2v) is 9.92. The molecule has 4 aromatic rings. The van der Waals surface area contributed by atoms with Crippen molar-refractivity contribution in [2.45, 2.75) is 13.3 Å². The Kier molecular flexibility index (Phi) is 6.88. The summed E-state index contributed by atoms with van der Waals surface area (Å²) in [6.45, 7) is 7.55. The van der Waals surface area contributed by atoms with Crippen molar-refractivity contribution < 1.29 is 4.79 Å². The van der Waals surface area contributed by atoms with Gasteiger partial charge in [0.15, 0.2) is 5.13 Å². The lowest BCUT2D eigenvalue weighted by atomic mass is 10.0. The highest BCUT2D eigenvalue weighted by atomic mass is 32.1. The van der Waals surface area contributed by atoms with Crippen LogP contribution in [0.25, 0.3) is 10.2 Å². The van der Waals surface area contributed by atoms with Crippen LogP contribution < -0.4 is 10.2 Å². The van der Waals surface area contributed by atoms with Crippen LogP contribution in [0.4, 0.5) is 5.13 Å². The lowest BCUT2D eigenvalue weighted by Crippen LogP contribution is -2.48. The van der Waals surface area contributed by atoms with Crippen molar-refractivity contribution in [3.05, 3.63) is 95.1 Å². The molecule has 0 atom stereocenters. The van der Waals surface area contributed by atoms with Gasteiger partial charge in [-0.3, -0.25) is 9.69 Å². The van der Waals surface area contributed by atoms with Crippen molar-refractivity contribution in [3.8, 4) is 0 Å². The molecule has 0 spiro atoms. The number of piperazine rings is 1. The number of fused-ring (bicyclic) bond motifs is 1. The fourth-order valence-corrected chi connectivity index (χ4v) is 5.47. The van der Waals surface area contributed by atoms with Crippen molar-refractivity contribution in [1.29, 1.82) is 0 Å². The van der Waals surface area contributed by atoms with E-state index in [4.69, 9.17) is 4.98 Å². The van der Waals surface area contributed by atoms with Gasteiger partial charge in [0, 0.05) is 44.8 Å². The Morgan fingerprint density at radius 2 is 1.68 bits per heavy atom. The number of nitrogens with one attached hydrogen (secondary N) is 1. The summed E-state index contributed by atoms with van der Waals surface area (Å²) >= 11 is 1.78. The molecule has 0 radical (unpaired) electrons. The number of hydrogen-bond donors (Lipinski definition) is 1. The summed E-state index contributed by atoms with van der Waals surface area (Å²) in [6.07, 6.45) is 0.880. The maximum Gasteiger partial charge on any atom is 0.251 e. The van der Waals surface area contributed by atoms with Crippen LogP contribution in [0.2, 0.25) is 0 Å². The van der Waals surface area contributed by atoms with E-state index in [1.807, 2.05) is 30.3 Å².